The van der Waals surface area contributed by atoms with Crippen molar-refractivity contribution in [3.05, 3.63) is 59.7 Å². The smallest absolute Gasteiger partial charge is 0.407 e. The molecule has 5 rings (SSSR count). The topological polar surface area (TPSA) is 95.9 Å². The van der Waals surface area contributed by atoms with Gasteiger partial charge in [0, 0.05) is 19.0 Å². The molecule has 2 amide bonds. The van der Waals surface area contributed by atoms with Crippen molar-refractivity contribution in [2.24, 2.45) is 11.8 Å². The average Bonchev–Trinajstić information content (AvgIpc) is 3.51. The Morgan fingerprint density at radius 3 is 2.16 bits per heavy atom. The number of fused-ring (bicyclic) bond motifs is 3. The fourth-order valence-corrected chi connectivity index (χ4v) is 4.73. The van der Waals surface area contributed by atoms with E-state index in [9.17, 15) is 14.4 Å². The van der Waals surface area contributed by atoms with Gasteiger partial charge in [0.2, 0.25) is 5.91 Å². The molecule has 3 aliphatic rings. The highest BCUT2D eigenvalue weighted by Gasteiger charge is 2.40. The summed E-state index contributed by atoms with van der Waals surface area (Å²) in [6, 6.07) is 15.6. The van der Waals surface area contributed by atoms with Crippen molar-refractivity contribution < 1.29 is 24.2 Å². The normalized spacial score (nSPS) is 18.3. The van der Waals surface area contributed by atoms with Crippen molar-refractivity contribution in [2.45, 2.75) is 31.2 Å². The van der Waals surface area contributed by atoms with Gasteiger partial charge < -0.3 is 20.1 Å². The lowest BCUT2D eigenvalue weighted by Crippen LogP contribution is -2.58. The van der Waals surface area contributed by atoms with Crippen LogP contribution in [0.4, 0.5) is 4.79 Å². The second kappa shape index (κ2) is 8.30. The number of hydrogen-bond acceptors (Lipinski definition) is 4. The van der Waals surface area contributed by atoms with E-state index < -0.39 is 24.0 Å². The highest BCUT2D eigenvalue weighted by molar-refractivity contribution is 5.88. The molecular weight excluding hydrogens is 408 g/mol. The second-order valence-corrected chi connectivity index (χ2v) is 8.98. The van der Waals surface area contributed by atoms with Crippen LogP contribution in [-0.4, -0.2) is 53.7 Å². The molecule has 0 radical (unpaired) electrons. The average molecular weight is 434 g/mol. The molecular formula is C25H26N2O5. The minimum absolute atomic E-state index is 0.0440. The number of carboxylic acids is 1. The molecule has 1 aliphatic heterocycles. The van der Waals surface area contributed by atoms with Gasteiger partial charge in [0.25, 0.3) is 0 Å². The molecule has 2 aromatic rings. The van der Waals surface area contributed by atoms with Gasteiger partial charge in [0.1, 0.15) is 12.6 Å². The van der Waals surface area contributed by atoms with Gasteiger partial charge in [0.05, 0.1) is 5.92 Å². The molecule has 1 unspecified atom stereocenters. The Hall–Kier alpha value is -3.35. The quantitative estimate of drug-likeness (QED) is 0.698. The Kier molecular flexibility index (Phi) is 5.33. The van der Waals surface area contributed by atoms with Crippen molar-refractivity contribution >= 4 is 18.0 Å². The van der Waals surface area contributed by atoms with Crippen molar-refractivity contribution in [3.63, 3.8) is 0 Å². The first-order chi connectivity index (χ1) is 15.5. The SMILES string of the molecule is O=C(NC(CC1CC1)C(=O)N1CC(C(=O)O)C1)OCC1c2ccccc2-c2ccccc21. The van der Waals surface area contributed by atoms with E-state index in [1.165, 1.54) is 4.90 Å². The maximum absolute atomic E-state index is 12.8. The van der Waals surface area contributed by atoms with Crippen LogP contribution in [-0.2, 0) is 14.3 Å². The van der Waals surface area contributed by atoms with Gasteiger partial charge in [-0.25, -0.2) is 4.79 Å². The van der Waals surface area contributed by atoms with Crippen molar-refractivity contribution in [2.75, 3.05) is 19.7 Å². The number of likely N-dealkylation sites (tertiary alicyclic amines) is 1. The molecule has 1 saturated carbocycles. The van der Waals surface area contributed by atoms with Crippen LogP contribution in [0.2, 0.25) is 0 Å². The third-order valence-electron chi connectivity index (χ3n) is 6.74. The molecule has 1 atom stereocenters. The predicted molar refractivity (Wildman–Crippen MR) is 117 cm³/mol. The van der Waals surface area contributed by atoms with E-state index in [0.717, 1.165) is 35.1 Å². The summed E-state index contributed by atoms with van der Waals surface area (Å²) in [4.78, 5) is 38.0. The van der Waals surface area contributed by atoms with Gasteiger partial charge in [-0.05, 0) is 34.6 Å². The van der Waals surface area contributed by atoms with E-state index >= 15 is 0 Å². The maximum Gasteiger partial charge on any atom is 0.407 e. The number of benzene rings is 2. The summed E-state index contributed by atoms with van der Waals surface area (Å²) in [5, 5.41) is 11.8. The summed E-state index contributed by atoms with van der Waals surface area (Å²) >= 11 is 0. The molecule has 7 nitrogen and oxygen atoms in total. The third kappa shape index (κ3) is 3.95. The Morgan fingerprint density at radius 1 is 1.00 bits per heavy atom. The third-order valence-corrected chi connectivity index (χ3v) is 6.74. The molecule has 166 valence electrons. The van der Waals surface area contributed by atoms with E-state index in [0.29, 0.717) is 12.3 Å². The Balaban J connectivity index is 1.23. The van der Waals surface area contributed by atoms with E-state index in [1.807, 2.05) is 24.3 Å². The number of carbonyl (C=O) groups is 3. The molecule has 0 bridgehead atoms. The number of aliphatic carboxylic acids is 1. The first-order valence-corrected chi connectivity index (χ1v) is 11.1. The summed E-state index contributed by atoms with van der Waals surface area (Å²) in [5.41, 5.74) is 4.58. The van der Waals surface area contributed by atoms with Crippen LogP contribution in [0.5, 0.6) is 0 Å². The number of ether oxygens (including phenoxy) is 1. The molecule has 2 aliphatic carbocycles. The summed E-state index contributed by atoms with van der Waals surface area (Å²) in [7, 11) is 0. The fourth-order valence-electron chi connectivity index (χ4n) is 4.73. The zero-order valence-corrected chi connectivity index (χ0v) is 17.7. The summed E-state index contributed by atoms with van der Waals surface area (Å²) in [5.74, 6) is -1.25. The van der Waals surface area contributed by atoms with Crippen molar-refractivity contribution in [1.82, 2.24) is 10.2 Å². The lowest BCUT2D eigenvalue weighted by atomic mass is 9.98. The molecule has 2 fully saturated rings. The zero-order chi connectivity index (χ0) is 22.2. The monoisotopic (exact) mass is 434 g/mol. The predicted octanol–water partition coefficient (Wildman–Crippen LogP) is 3.24. The molecule has 1 heterocycles. The van der Waals surface area contributed by atoms with Gasteiger partial charge in [-0.3, -0.25) is 9.59 Å². The minimum atomic E-state index is -0.891. The lowest BCUT2D eigenvalue weighted by molar-refractivity contribution is -0.153. The lowest BCUT2D eigenvalue weighted by Gasteiger charge is -2.38. The van der Waals surface area contributed by atoms with E-state index in [1.54, 1.807) is 0 Å². The van der Waals surface area contributed by atoms with Crippen LogP contribution in [0, 0.1) is 11.8 Å². The van der Waals surface area contributed by atoms with Gasteiger partial charge >= 0.3 is 12.1 Å². The maximum atomic E-state index is 12.8. The van der Waals surface area contributed by atoms with Crippen molar-refractivity contribution in [3.8, 4) is 11.1 Å². The summed E-state index contributed by atoms with van der Waals surface area (Å²) in [6.45, 7) is 0.582. The summed E-state index contributed by atoms with van der Waals surface area (Å²) in [6.07, 6.45) is 2.06. The number of amides is 2. The number of rotatable bonds is 7. The molecule has 0 aromatic heterocycles. The highest BCUT2D eigenvalue weighted by Crippen LogP contribution is 2.44. The van der Waals surface area contributed by atoms with Gasteiger partial charge in [-0.15, -0.1) is 0 Å². The Morgan fingerprint density at radius 2 is 1.59 bits per heavy atom. The van der Waals surface area contributed by atoms with Crippen LogP contribution in [0.1, 0.15) is 36.3 Å². The highest BCUT2D eigenvalue weighted by atomic mass is 16.5. The number of hydrogen-bond donors (Lipinski definition) is 2. The number of carboxylic acid groups (broad SMARTS) is 1. The fraction of sp³-hybridized carbons (Fsp3) is 0.400. The molecule has 7 heteroatoms. The van der Waals surface area contributed by atoms with Crippen LogP contribution in [0.15, 0.2) is 48.5 Å². The van der Waals surface area contributed by atoms with E-state index in [-0.39, 0.29) is 31.5 Å². The van der Waals surface area contributed by atoms with E-state index in [4.69, 9.17) is 9.84 Å². The first kappa shape index (κ1) is 20.5. The minimum Gasteiger partial charge on any atom is -0.481 e. The van der Waals surface area contributed by atoms with Gasteiger partial charge in [-0.2, -0.15) is 0 Å². The van der Waals surface area contributed by atoms with Gasteiger partial charge in [-0.1, -0.05) is 61.4 Å². The number of alkyl carbamates (subject to hydrolysis) is 1. The number of carbonyl (C=O) groups excluding carboxylic acids is 2. The zero-order valence-electron chi connectivity index (χ0n) is 17.7. The van der Waals surface area contributed by atoms with Crippen LogP contribution in [0.3, 0.4) is 0 Å². The van der Waals surface area contributed by atoms with Crippen LogP contribution < -0.4 is 5.32 Å². The molecule has 2 aromatic carbocycles. The van der Waals surface area contributed by atoms with Gasteiger partial charge in [0.15, 0.2) is 0 Å². The Bertz CT molecular complexity index is 1010. The Labute approximate surface area is 186 Å². The standard InChI is InChI=1S/C25H26N2O5/c28-23(27-12-16(13-27)24(29)30)22(11-15-9-10-15)26-25(31)32-14-21-19-7-3-1-5-17(19)18-6-2-4-8-20(18)21/h1-8,15-16,21-22H,9-14H2,(H,26,31)(H,29,30). The molecule has 32 heavy (non-hydrogen) atoms. The van der Waals surface area contributed by atoms with Crippen molar-refractivity contribution in [1.29, 1.82) is 0 Å². The molecule has 2 N–H and O–H groups in total. The number of nitrogens with one attached hydrogen (secondary N) is 1. The second-order valence-electron chi connectivity index (χ2n) is 8.98. The van der Waals surface area contributed by atoms with E-state index in [2.05, 4.69) is 29.6 Å². The van der Waals surface area contributed by atoms with Crippen LogP contribution >= 0.6 is 0 Å². The first-order valence-electron chi connectivity index (χ1n) is 11.1. The molecule has 0 spiro atoms. The molecule has 1 saturated heterocycles. The largest absolute Gasteiger partial charge is 0.481 e. The summed E-state index contributed by atoms with van der Waals surface area (Å²) < 4.78 is 5.60. The van der Waals surface area contributed by atoms with Crippen LogP contribution in [0.25, 0.3) is 11.1 Å². The number of nitrogens with zero attached hydrogens (tertiary/aromatic N) is 1.